The van der Waals surface area contributed by atoms with Gasteiger partial charge in [0.25, 0.3) is 0 Å². The van der Waals surface area contributed by atoms with Crippen molar-refractivity contribution in [3.63, 3.8) is 0 Å². The van der Waals surface area contributed by atoms with E-state index < -0.39 is 0 Å². The van der Waals surface area contributed by atoms with Crippen LogP contribution in [0.2, 0.25) is 0 Å². The molecule has 0 aliphatic heterocycles. The molecule has 48 heavy (non-hydrogen) atoms. The average molecular weight is 619 g/mol. The maximum absolute atomic E-state index is 7.22. The van der Waals surface area contributed by atoms with Crippen molar-refractivity contribution in [2.75, 3.05) is 0 Å². The fraction of sp³-hybridized carbons (Fsp3) is 0.0227. The van der Waals surface area contributed by atoms with Crippen LogP contribution in [0.15, 0.2) is 174 Å². The van der Waals surface area contributed by atoms with E-state index in [-0.39, 0.29) is 0 Å². The molecule has 0 unspecified atom stereocenters. The van der Waals surface area contributed by atoms with E-state index in [0.717, 1.165) is 33.4 Å². The third kappa shape index (κ3) is 6.20. The minimum atomic E-state index is 0.380. The Bertz CT molecular complexity index is 2380. The van der Waals surface area contributed by atoms with Crippen LogP contribution >= 0.6 is 0 Å². The first-order valence-corrected chi connectivity index (χ1v) is 15.9. The van der Waals surface area contributed by atoms with Gasteiger partial charge in [-0.1, -0.05) is 152 Å². The molecule has 3 N–H and O–H groups in total. The lowest BCUT2D eigenvalue weighted by Gasteiger charge is -2.14. The van der Waals surface area contributed by atoms with Gasteiger partial charge < -0.3 is 11.1 Å². The molecule has 230 valence electrons. The second-order valence-electron chi connectivity index (χ2n) is 11.7. The van der Waals surface area contributed by atoms with Crippen molar-refractivity contribution in [3.05, 3.63) is 187 Å². The van der Waals surface area contributed by atoms with Crippen LogP contribution < -0.4 is 5.73 Å². The van der Waals surface area contributed by atoms with Gasteiger partial charge in [-0.2, -0.15) is 0 Å². The molecule has 7 aromatic rings. The van der Waals surface area contributed by atoms with Crippen molar-refractivity contribution in [1.82, 2.24) is 0 Å². The molecular weight excluding hydrogens is 585 g/mol. The summed E-state index contributed by atoms with van der Waals surface area (Å²) in [5.41, 5.74) is 13.4. The fourth-order valence-corrected chi connectivity index (χ4v) is 6.15. The predicted molar refractivity (Wildman–Crippen MR) is 205 cm³/mol. The van der Waals surface area contributed by atoms with Crippen LogP contribution in [0.5, 0.6) is 0 Å². The molecule has 4 nitrogen and oxygen atoms in total. The van der Waals surface area contributed by atoms with Crippen LogP contribution in [0.25, 0.3) is 49.0 Å². The highest BCUT2D eigenvalue weighted by molar-refractivity contribution is 6.23. The lowest BCUT2D eigenvalue weighted by Crippen LogP contribution is -2.16. The van der Waals surface area contributed by atoms with Gasteiger partial charge in [-0.25, -0.2) is 4.99 Å². The highest BCUT2D eigenvalue weighted by atomic mass is 15.0. The van der Waals surface area contributed by atoms with Crippen molar-refractivity contribution in [2.24, 2.45) is 15.7 Å². The van der Waals surface area contributed by atoms with Crippen molar-refractivity contribution in [2.45, 2.75) is 6.54 Å². The van der Waals surface area contributed by atoms with Crippen LogP contribution in [0, 0.1) is 5.41 Å². The van der Waals surface area contributed by atoms with Crippen LogP contribution in [0.3, 0.4) is 0 Å². The molecular formula is C44H34N4. The molecule has 0 amide bonds. The molecule has 0 aromatic heterocycles. The summed E-state index contributed by atoms with van der Waals surface area (Å²) < 4.78 is 0. The third-order valence-electron chi connectivity index (χ3n) is 8.63. The SMILES string of the molecule is C=C(/C=C\C=N)c1ccc(C(N)=NC(=NCc2ccccc2)c2ccc(-c3cc4ccc5ccccc5c4c4ccccc34)cc2)cc1. The Morgan fingerprint density at radius 3 is 2.02 bits per heavy atom. The van der Waals surface area contributed by atoms with E-state index in [4.69, 9.17) is 21.1 Å². The number of aliphatic imine (C=N–C) groups is 2. The highest BCUT2D eigenvalue weighted by Gasteiger charge is 2.12. The van der Waals surface area contributed by atoms with Gasteiger partial charge in [-0.3, -0.25) is 4.99 Å². The number of fused-ring (bicyclic) bond motifs is 5. The summed E-state index contributed by atoms with van der Waals surface area (Å²) in [4.78, 5) is 9.79. The van der Waals surface area contributed by atoms with Crippen molar-refractivity contribution in [3.8, 4) is 11.1 Å². The van der Waals surface area contributed by atoms with E-state index in [9.17, 15) is 0 Å². The molecule has 0 radical (unpaired) electrons. The highest BCUT2D eigenvalue weighted by Crippen LogP contribution is 2.38. The summed E-state index contributed by atoms with van der Waals surface area (Å²) in [5.74, 6) is 0.950. The number of benzene rings is 7. The molecule has 0 saturated carbocycles. The van der Waals surface area contributed by atoms with Gasteiger partial charge in [0, 0.05) is 17.3 Å². The normalized spacial score (nSPS) is 12.2. The van der Waals surface area contributed by atoms with E-state index in [1.165, 1.54) is 44.1 Å². The Labute approximate surface area is 280 Å². The molecule has 7 rings (SSSR count). The molecule has 0 atom stereocenters. The summed E-state index contributed by atoms with van der Waals surface area (Å²) in [6.07, 6.45) is 4.69. The number of nitrogens with zero attached hydrogens (tertiary/aromatic N) is 2. The number of nitrogens with two attached hydrogens (primary N) is 1. The first kappa shape index (κ1) is 30.3. The zero-order valence-corrected chi connectivity index (χ0v) is 26.5. The van der Waals surface area contributed by atoms with E-state index in [1.807, 2.05) is 42.5 Å². The first-order chi connectivity index (χ1) is 23.6. The Hall–Kier alpha value is -6.39. The van der Waals surface area contributed by atoms with Gasteiger partial charge in [0.05, 0.1) is 6.54 Å². The monoisotopic (exact) mass is 618 g/mol. The quantitative estimate of drug-likeness (QED) is 0.0756. The first-order valence-electron chi connectivity index (χ1n) is 15.9. The van der Waals surface area contributed by atoms with E-state index in [0.29, 0.717) is 18.2 Å². The Balaban J connectivity index is 1.27. The number of hydrogen-bond acceptors (Lipinski definition) is 2. The lowest BCUT2D eigenvalue weighted by atomic mass is 9.90. The molecule has 4 heteroatoms. The third-order valence-corrected chi connectivity index (χ3v) is 8.63. The van der Waals surface area contributed by atoms with Crippen LogP contribution in [-0.2, 0) is 6.54 Å². The Morgan fingerprint density at radius 1 is 0.646 bits per heavy atom. The van der Waals surface area contributed by atoms with Gasteiger partial charge in [0.1, 0.15) is 5.84 Å². The average Bonchev–Trinajstić information content (AvgIpc) is 3.15. The zero-order chi connectivity index (χ0) is 32.9. The summed E-state index contributed by atoms with van der Waals surface area (Å²) in [7, 11) is 0. The molecule has 0 aliphatic carbocycles. The van der Waals surface area contributed by atoms with Gasteiger partial charge in [0.2, 0.25) is 0 Å². The van der Waals surface area contributed by atoms with Gasteiger partial charge >= 0.3 is 0 Å². The fourth-order valence-electron chi connectivity index (χ4n) is 6.15. The maximum atomic E-state index is 7.22. The molecule has 0 saturated heterocycles. The summed E-state index contributed by atoms with van der Waals surface area (Å²) in [5, 5.41) is 14.7. The van der Waals surface area contributed by atoms with Crippen LogP contribution in [-0.4, -0.2) is 17.9 Å². The maximum Gasteiger partial charge on any atom is 0.157 e. The minimum Gasteiger partial charge on any atom is -0.383 e. The van der Waals surface area contributed by atoms with Gasteiger partial charge in [-0.05, 0) is 72.3 Å². The zero-order valence-electron chi connectivity index (χ0n) is 26.5. The number of rotatable bonds is 8. The molecule has 0 aliphatic rings. The van der Waals surface area contributed by atoms with Gasteiger partial charge in [-0.15, -0.1) is 0 Å². The topological polar surface area (TPSA) is 74.6 Å². The smallest absolute Gasteiger partial charge is 0.157 e. The van der Waals surface area contributed by atoms with Crippen molar-refractivity contribution >= 4 is 55.8 Å². The molecule has 0 spiro atoms. The number of hydrogen-bond donors (Lipinski definition) is 2. The molecule has 7 aromatic carbocycles. The molecule has 0 heterocycles. The minimum absolute atomic E-state index is 0.380. The molecule has 0 fully saturated rings. The summed E-state index contributed by atoms with van der Waals surface area (Å²) in [6.45, 7) is 4.56. The Kier molecular flexibility index (Phi) is 8.54. The van der Waals surface area contributed by atoms with Crippen LogP contribution in [0.1, 0.15) is 22.3 Å². The second-order valence-corrected chi connectivity index (χ2v) is 11.7. The standard InChI is InChI=1S/C44H34N4/c1-30(10-9-27-45)32-17-22-35(23-18-32)43(46)48-44(47-29-31-11-3-2-4-12-31)36-24-19-34(20-25-36)41-28-37-26-21-33-13-5-6-14-38(33)42(37)40-16-8-7-15-39(40)41/h2-28,45H,1,29H2,(H2,46,47,48)/b10-9-,45-27?. The number of allylic oxidation sites excluding steroid dienone is 3. The molecule has 0 bridgehead atoms. The predicted octanol–water partition coefficient (Wildman–Crippen LogP) is 10.4. The van der Waals surface area contributed by atoms with Crippen molar-refractivity contribution < 1.29 is 0 Å². The Morgan fingerprint density at radius 2 is 1.27 bits per heavy atom. The number of amidine groups is 2. The number of nitrogens with one attached hydrogen (secondary N) is 1. The van der Waals surface area contributed by atoms with E-state index in [2.05, 4.69) is 110 Å². The lowest BCUT2D eigenvalue weighted by molar-refractivity contribution is 1.06. The van der Waals surface area contributed by atoms with Crippen molar-refractivity contribution in [1.29, 1.82) is 5.41 Å². The van der Waals surface area contributed by atoms with Gasteiger partial charge in [0.15, 0.2) is 5.84 Å². The largest absolute Gasteiger partial charge is 0.383 e. The summed E-state index contributed by atoms with van der Waals surface area (Å²) in [6, 6.07) is 50.4. The van der Waals surface area contributed by atoms with E-state index in [1.54, 1.807) is 12.2 Å². The second kappa shape index (κ2) is 13.5. The van der Waals surface area contributed by atoms with E-state index >= 15 is 0 Å². The van der Waals surface area contributed by atoms with Crippen LogP contribution in [0.4, 0.5) is 0 Å². The summed E-state index contributed by atoms with van der Waals surface area (Å²) >= 11 is 0.